The molecule has 1 atom stereocenters. The van der Waals surface area contributed by atoms with Crippen molar-refractivity contribution >= 4 is 21.9 Å². The van der Waals surface area contributed by atoms with Crippen LogP contribution in [0.5, 0.6) is 5.75 Å². The van der Waals surface area contributed by atoms with Gasteiger partial charge in [-0.3, -0.25) is 0 Å². The lowest BCUT2D eigenvalue weighted by molar-refractivity contribution is -0.157. The van der Waals surface area contributed by atoms with Crippen LogP contribution < -0.4 is 4.74 Å². The van der Waals surface area contributed by atoms with Gasteiger partial charge in [-0.05, 0) is 89.2 Å². The Balaban J connectivity index is 1.47. The average molecular weight is 562 g/mol. The number of alkyl halides is 1. The highest BCUT2D eigenvalue weighted by atomic mass is 79.9. The third-order valence-corrected chi connectivity index (χ3v) is 7.80. The van der Waals surface area contributed by atoms with Crippen molar-refractivity contribution in [2.24, 2.45) is 0 Å². The van der Waals surface area contributed by atoms with E-state index in [4.69, 9.17) is 9.47 Å². The molecule has 0 radical (unpaired) electrons. The van der Waals surface area contributed by atoms with Gasteiger partial charge in [0.1, 0.15) is 11.9 Å². The molecule has 3 rings (SSSR count). The molecule has 0 amide bonds. The highest BCUT2D eigenvalue weighted by molar-refractivity contribution is 9.10. The van der Waals surface area contributed by atoms with E-state index in [0.29, 0.717) is 12.3 Å². The second-order valence-corrected chi connectivity index (χ2v) is 10.9. The Morgan fingerprint density at radius 1 is 0.917 bits per heavy atom. The average Bonchev–Trinajstić information content (AvgIpc) is 2.90. The third-order valence-electron chi connectivity index (χ3n) is 7.18. The summed E-state index contributed by atoms with van der Waals surface area (Å²) < 4.78 is 26.3. The predicted molar refractivity (Wildman–Crippen MR) is 149 cm³/mol. The van der Waals surface area contributed by atoms with Gasteiger partial charge in [0, 0.05) is 0 Å². The molecule has 36 heavy (non-hydrogen) atoms. The number of ether oxygens (including phenoxy) is 2. The highest BCUT2D eigenvalue weighted by Crippen LogP contribution is 2.36. The highest BCUT2D eigenvalue weighted by Gasteiger charge is 2.27. The van der Waals surface area contributed by atoms with Crippen molar-refractivity contribution in [1.29, 1.82) is 0 Å². The van der Waals surface area contributed by atoms with E-state index in [1.807, 2.05) is 13.0 Å². The number of hydrogen-bond donors (Lipinski definition) is 0. The molecular formula is C31H42BrFO3. The lowest BCUT2D eigenvalue weighted by Crippen LogP contribution is -2.28. The van der Waals surface area contributed by atoms with Gasteiger partial charge in [0.15, 0.2) is 6.17 Å². The summed E-state index contributed by atoms with van der Waals surface area (Å²) in [6.07, 6.45) is 9.90. The van der Waals surface area contributed by atoms with Gasteiger partial charge in [0.2, 0.25) is 0 Å². The predicted octanol–water partition coefficient (Wildman–Crippen LogP) is 9.56. The van der Waals surface area contributed by atoms with E-state index in [-0.39, 0.29) is 12.5 Å². The van der Waals surface area contributed by atoms with Crippen LogP contribution in [-0.2, 0) is 9.53 Å². The van der Waals surface area contributed by atoms with Crippen LogP contribution in [0.25, 0.3) is 11.1 Å². The molecule has 0 unspecified atom stereocenters. The zero-order chi connectivity index (χ0) is 25.8. The molecule has 0 aromatic heterocycles. The Kier molecular flexibility index (Phi) is 12.3. The van der Waals surface area contributed by atoms with Crippen LogP contribution in [0.3, 0.4) is 0 Å². The molecule has 5 heteroatoms. The first-order valence-electron chi connectivity index (χ1n) is 13.9. The third kappa shape index (κ3) is 8.90. The van der Waals surface area contributed by atoms with Crippen molar-refractivity contribution in [3.8, 4) is 16.9 Å². The lowest BCUT2D eigenvalue weighted by atomic mass is 9.82. The summed E-state index contributed by atoms with van der Waals surface area (Å²) >= 11 is 3.67. The molecule has 0 N–H and O–H groups in total. The van der Waals surface area contributed by atoms with E-state index in [1.165, 1.54) is 36.8 Å². The molecule has 0 aliphatic heterocycles. The minimum atomic E-state index is -1.48. The van der Waals surface area contributed by atoms with Gasteiger partial charge in [-0.2, -0.15) is 0 Å². The molecular weight excluding hydrogens is 519 g/mol. The van der Waals surface area contributed by atoms with Crippen molar-refractivity contribution < 1.29 is 18.7 Å². The van der Waals surface area contributed by atoms with E-state index in [2.05, 4.69) is 59.3 Å². The minimum Gasteiger partial charge on any atom is -0.492 e. The van der Waals surface area contributed by atoms with E-state index in [1.54, 1.807) is 0 Å². The number of carbonyl (C=O) groups is 1. The second-order valence-electron chi connectivity index (χ2n) is 10.1. The number of esters is 1. The summed E-state index contributed by atoms with van der Waals surface area (Å²) in [5.41, 5.74) is 3.65. The molecule has 0 heterocycles. The number of rotatable bonds is 14. The summed E-state index contributed by atoms with van der Waals surface area (Å²) in [4.78, 5) is 12.0. The molecule has 0 bridgehead atoms. The SMILES string of the molecule is CCCCCCCOc1ccc(-c2ccc([C@H]3CC[C@H](OC(=O)[C@@H](F)CCCC)CC3)cc2)cc1Br. The molecule has 2 aromatic rings. The molecule has 0 saturated heterocycles. The number of carbonyl (C=O) groups excluding carboxylic acids is 1. The first-order chi connectivity index (χ1) is 17.5. The summed E-state index contributed by atoms with van der Waals surface area (Å²) in [6.45, 7) is 4.98. The standard InChI is InChI=1S/C31H42BrFO3/c1-3-5-7-8-9-21-35-30-20-17-26(22-28(30)32)25-13-11-23(12-14-25)24-15-18-27(19-16-24)36-31(34)29(33)10-6-4-2/h11-14,17,20,22,24,27,29H,3-10,15-16,18-19,21H2,1-2H3/t24-,27-,29-/m0/s1. The van der Waals surface area contributed by atoms with Crippen molar-refractivity contribution in [3.63, 3.8) is 0 Å². The summed E-state index contributed by atoms with van der Waals surface area (Å²) in [7, 11) is 0. The number of hydrogen-bond acceptors (Lipinski definition) is 3. The number of halogens is 2. The van der Waals surface area contributed by atoms with Crippen LogP contribution in [0.2, 0.25) is 0 Å². The quantitative estimate of drug-likeness (QED) is 0.170. The van der Waals surface area contributed by atoms with Gasteiger partial charge in [-0.25, -0.2) is 9.18 Å². The van der Waals surface area contributed by atoms with Crippen LogP contribution in [0.15, 0.2) is 46.9 Å². The topological polar surface area (TPSA) is 35.5 Å². The number of unbranched alkanes of at least 4 members (excludes halogenated alkanes) is 5. The molecule has 1 saturated carbocycles. The monoisotopic (exact) mass is 560 g/mol. The van der Waals surface area contributed by atoms with Crippen molar-refractivity contribution in [1.82, 2.24) is 0 Å². The van der Waals surface area contributed by atoms with Gasteiger partial charge in [0.05, 0.1) is 11.1 Å². The van der Waals surface area contributed by atoms with Crippen molar-refractivity contribution in [2.45, 2.75) is 109 Å². The maximum Gasteiger partial charge on any atom is 0.340 e. The fourth-order valence-corrected chi connectivity index (χ4v) is 5.38. The maximum atomic E-state index is 13.9. The lowest BCUT2D eigenvalue weighted by Gasteiger charge is -2.29. The maximum absolute atomic E-state index is 13.9. The molecule has 0 spiro atoms. The second kappa shape index (κ2) is 15.4. The molecule has 1 fully saturated rings. The fraction of sp³-hybridized carbons (Fsp3) is 0.581. The zero-order valence-corrected chi connectivity index (χ0v) is 23.5. The molecule has 3 nitrogen and oxygen atoms in total. The van der Waals surface area contributed by atoms with Gasteiger partial charge < -0.3 is 9.47 Å². The Hall–Kier alpha value is -1.88. The van der Waals surface area contributed by atoms with E-state index in [0.717, 1.165) is 60.9 Å². The largest absolute Gasteiger partial charge is 0.492 e. The summed E-state index contributed by atoms with van der Waals surface area (Å²) in [5, 5.41) is 0. The summed E-state index contributed by atoms with van der Waals surface area (Å²) in [5.74, 6) is 0.675. The van der Waals surface area contributed by atoms with Gasteiger partial charge in [-0.1, -0.05) is 82.7 Å². The van der Waals surface area contributed by atoms with E-state index < -0.39 is 12.1 Å². The molecule has 1 aliphatic carbocycles. The smallest absolute Gasteiger partial charge is 0.340 e. The zero-order valence-electron chi connectivity index (χ0n) is 21.9. The Morgan fingerprint density at radius 2 is 1.58 bits per heavy atom. The van der Waals surface area contributed by atoms with Crippen LogP contribution in [0, 0.1) is 0 Å². The van der Waals surface area contributed by atoms with Crippen LogP contribution in [-0.4, -0.2) is 24.9 Å². The van der Waals surface area contributed by atoms with Crippen molar-refractivity contribution in [3.05, 3.63) is 52.5 Å². The van der Waals surface area contributed by atoms with Gasteiger partial charge >= 0.3 is 5.97 Å². The normalized spacial score (nSPS) is 18.6. The number of benzene rings is 2. The summed E-state index contributed by atoms with van der Waals surface area (Å²) in [6, 6.07) is 15.1. The van der Waals surface area contributed by atoms with Gasteiger partial charge in [0.25, 0.3) is 0 Å². The first kappa shape index (κ1) is 28.7. The van der Waals surface area contributed by atoms with E-state index in [9.17, 15) is 9.18 Å². The Labute approximate surface area is 225 Å². The molecule has 198 valence electrons. The van der Waals surface area contributed by atoms with Crippen LogP contribution >= 0.6 is 15.9 Å². The fourth-order valence-electron chi connectivity index (χ4n) is 4.89. The Morgan fingerprint density at radius 3 is 2.25 bits per heavy atom. The van der Waals surface area contributed by atoms with Crippen LogP contribution in [0.4, 0.5) is 4.39 Å². The molecule has 1 aliphatic rings. The molecule has 2 aromatic carbocycles. The van der Waals surface area contributed by atoms with Gasteiger partial charge in [-0.15, -0.1) is 0 Å². The van der Waals surface area contributed by atoms with Crippen LogP contribution in [0.1, 0.15) is 102 Å². The first-order valence-corrected chi connectivity index (χ1v) is 14.7. The van der Waals surface area contributed by atoms with E-state index >= 15 is 0 Å². The Bertz CT molecular complexity index is 922. The van der Waals surface area contributed by atoms with Crippen molar-refractivity contribution in [2.75, 3.05) is 6.61 Å². The minimum absolute atomic E-state index is 0.151.